The molecule has 0 spiro atoms. The SMILES string of the molecule is CCCN(C(C)=O)C(C)(CCCC(F)(F)F)C(=O)O. The van der Waals surface area contributed by atoms with Crippen LogP contribution in [0.25, 0.3) is 0 Å². The Morgan fingerprint density at radius 3 is 2.05 bits per heavy atom. The van der Waals surface area contributed by atoms with Crippen molar-refractivity contribution in [1.29, 1.82) is 0 Å². The topological polar surface area (TPSA) is 57.6 Å². The molecule has 0 aliphatic rings. The lowest BCUT2D eigenvalue weighted by molar-refractivity contribution is -0.160. The smallest absolute Gasteiger partial charge is 0.389 e. The molecule has 0 saturated carbocycles. The zero-order chi connectivity index (χ0) is 15.3. The van der Waals surface area contributed by atoms with Gasteiger partial charge in [0.15, 0.2) is 0 Å². The molecule has 0 aliphatic heterocycles. The summed E-state index contributed by atoms with van der Waals surface area (Å²) in [6.45, 7) is 4.50. The van der Waals surface area contributed by atoms with Gasteiger partial charge >= 0.3 is 12.1 Å². The number of rotatable bonds is 7. The predicted molar refractivity (Wildman–Crippen MR) is 63.6 cm³/mol. The number of nitrogens with zero attached hydrogens (tertiary/aromatic N) is 1. The largest absolute Gasteiger partial charge is 0.480 e. The Balaban J connectivity index is 4.92. The van der Waals surface area contributed by atoms with Crippen LogP contribution in [-0.4, -0.2) is 40.1 Å². The van der Waals surface area contributed by atoms with E-state index >= 15 is 0 Å². The van der Waals surface area contributed by atoms with Gasteiger partial charge in [-0.05, 0) is 26.2 Å². The van der Waals surface area contributed by atoms with Crippen molar-refractivity contribution in [3.8, 4) is 0 Å². The van der Waals surface area contributed by atoms with E-state index in [4.69, 9.17) is 0 Å². The van der Waals surface area contributed by atoms with E-state index in [0.29, 0.717) is 6.42 Å². The van der Waals surface area contributed by atoms with Gasteiger partial charge in [-0.15, -0.1) is 0 Å². The number of carbonyl (C=O) groups excluding carboxylic acids is 1. The Bertz CT molecular complexity index is 331. The Hall–Kier alpha value is -1.27. The summed E-state index contributed by atoms with van der Waals surface area (Å²) in [4.78, 5) is 23.9. The lowest BCUT2D eigenvalue weighted by Gasteiger charge is -2.37. The van der Waals surface area contributed by atoms with Crippen LogP contribution in [0.4, 0.5) is 13.2 Å². The third-order valence-electron chi connectivity index (χ3n) is 3.01. The first-order valence-corrected chi connectivity index (χ1v) is 6.13. The molecule has 0 rings (SSSR count). The van der Waals surface area contributed by atoms with Crippen LogP contribution >= 0.6 is 0 Å². The maximum Gasteiger partial charge on any atom is 0.389 e. The van der Waals surface area contributed by atoms with Crippen molar-refractivity contribution >= 4 is 11.9 Å². The van der Waals surface area contributed by atoms with Gasteiger partial charge in [-0.3, -0.25) is 4.79 Å². The molecule has 0 aromatic carbocycles. The Morgan fingerprint density at radius 1 is 1.21 bits per heavy atom. The van der Waals surface area contributed by atoms with Gasteiger partial charge < -0.3 is 10.0 Å². The molecule has 1 N–H and O–H groups in total. The molecule has 19 heavy (non-hydrogen) atoms. The summed E-state index contributed by atoms with van der Waals surface area (Å²) in [5, 5.41) is 9.23. The van der Waals surface area contributed by atoms with Gasteiger partial charge in [0.05, 0.1) is 0 Å². The molecular weight excluding hydrogens is 263 g/mol. The molecule has 0 saturated heterocycles. The maximum absolute atomic E-state index is 12.1. The standard InChI is InChI=1S/C12H20F3NO3/c1-4-8-16(9(2)17)11(3,10(18)19)6-5-7-12(13,14)15/h4-8H2,1-3H3,(H,18,19). The highest BCUT2D eigenvalue weighted by atomic mass is 19.4. The minimum Gasteiger partial charge on any atom is -0.480 e. The molecule has 7 heteroatoms. The van der Waals surface area contributed by atoms with Crippen molar-refractivity contribution in [3.63, 3.8) is 0 Å². The van der Waals surface area contributed by atoms with Gasteiger partial charge in [0.1, 0.15) is 5.54 Å². The van der Waals surface area contributed by atoms with Crippen LogP contribution in [0.2, 0.25) is 0 Å². The van der Waals surface area contributed by atoms with Crippen molar-refractivity contribution in [2.45, 2.75) is 58.2 Å². The van der Waals surface area contributed by atoms with E-state index in [-0.39, 0.29) is 19.4 Å². The minimum atomic E-state index is -4.31. The molecule has 0 aromatic heterocycles. The molecule has 0 heterocycles. The molecule has 1 amide bonds. The third-order valence-corrected chi connectivity index (χ3v) is 3.01. The summed E-state index contributed by atoms with van der Waals surface area (Å²) < 4.78 is 36.3. The first-order valence-electron chi connectivity index (χ1n) is 6.13. The van der Waals surface area contributed by atoms with Crippen LogP contribution in [-0.2, 0) is 9.59 Å². The Morgan fingerprint density at radius 2 is 1.74 bits per heavy atom. The van der Waals surface area contributed by atoms with Crippen molar-refractivity contribution in [3.05, 3.63) is 0 Å². The predicted octanol–water partition coefficient (Wildman–Crippen LogP) is 2.82. The molecule has 0 aliphatic carbocycles. The zero-order valence-corrected chi connectivity index (χ0v) is 11.4. The van der Waals surface area contributed by atoms with Crippen molar-refractivity contribution in [2.24, 2.45) is 0 Å². The average Bonchev–Trinajstić information content (AvgIpc) is 2.22. The van der Waals surface area contributed by atoms with Crippen LogP contribution in [0, 0.1) is 0 Å². The molecule has 4 nitrogen and oxygen atoms in total. The highest BCUT2D eigenvalue weighted by molar-refractivity contribution is 5.85. The number of carboxylic acid groups (broad SMARTS) is 1. The van der Waals surface area contributed by atoms with Gasteiger partial charge in [-0.2, -0.15) is 13.2 Å². The molecule has 1 atom stereocenters. The highest BCUT2D eigenvalue weighted by Gasteiger charge is 2.41. The molecule has 0 radical (unpaired) electrons. The normalized spacial score (nSPS) is 14.8. The summed E-state index contributed by atoms with van der Waals surface area (Å²) in [6.07, 6.45) is -5.36. The first-order chi connectivity index (χ1) is 8.54. The number of aliphatic carboxylic acids is 1. The van der Waals surface area contributed by atoms with Crippen molar-refractivity contribution < 1.29 is 27.9 Å². The highest BCUT2D eigenvalue weighted by Crippen LogP contribution is 2.28. The van der Waals surface area contributed by atoms with Crippen molar-refractivity contribution in [1.82, 2.24) is 4.90 Å². The zero-order valence-electron chi connectivity index (χ0n) is 11.4. The number of amides is 1. The quantitative estimate of drug-likeness (QED) is 0.781. The monoisotopic (exact) mass is 283 g/mol. The Labute approximate surface area is 110 Å². The van der Waals surface area contributed by atoms with E-state index in [1.54, 1.807) is 6.92 Å². The fourth-order valence-corrected chi connectivity index (χ4v) is 1.97. The van der Waals surface area contributed by atoms with Gasteiger partial charge in [-0.25, -0.2) is 4.79 Å². The van der Waals surface area contributed by atoms with Gasteiger partial charge in [0.2, 0.25) is 5.91 Å². The summed E-state index contributed by atoms with van der Waals surface area (Å²) in [6, 6.07) is 0. The molecule has 0 bridgehead atoms. The summed E-state index contributed by atoms with van der Waals surface area (Å²) >= 11 is 0. The second-order valence-corrected chi connectivity index (χ2v) is 4.72. The summed E-state index contributed by atoms with van der Waals surface area (Å²) in [7, 11) is 0. The van der Waals surface area contributed by atoms with E-state index < -0.39 is 30.0 Å². The number of hydrogen-bond acceptors (Lipinski definition) is 2. The second-order valence-electron chi connectivity index (χ2n) is 4.72. The number of carbonyl (C=O) groups is 2. The van der Waals surface area contributed by atoms with E-state index in [2.05, 4.69) is 0 Å². The first kappa shape index (κ1) is 17.7. The van der Waals surface area contributed by atoms with Crippen LogP contribution in [0.1, 0.15) is 46.5 Å². The summed E-state index contributed by atoms with van der Waals surface area (Å²) in [5.41, 5.74) is -1.59. The fraction of sp³-hybridized carbons (Fsp3) is 0.833. The van der Waals surface area contributed by atoms with Crippen LogP contribution < -0.4 is 0 Å². The van der Waals surface area contributed by atoms with E-state index in [1.165, 1.54) is 13.8 Å². The van der Waals surface area contributed by atoms with Gasteiger partial charge in [-0.1, -0.05) is 6.92 Å². The lowest BCUT2D eigenvalue weighted by Crippen LogP contribution is -2.54. The lowest BCUT2D eigenvalue weighted by atomic mass is 9.92. The average molecular weight is 283 g/mol. The van der Waals surface area contributed by atoms with Crippen LogP contribution in [0.15, 0.2) is 0 Å². The minimum absolute atomic E-state index is 0.212. The fourth-order valence-electron chi connectivity index (χ4n) is 1.97. The molecule has 0 aromatic rings. The third kappa shape index (κ3) is 5.48. The number of halogens is 3. The van der Waals surface area contributed by atoms with Crippen LogP contribution in [0.3, 0.4) is 0 Å². The molecule has 1 unspecified atom stereocenters. The number of alkyl halides is 3. The van der Waals surface area contributed by atoms with E-state index in [0.717, 1.165) is 4.90 Å². The van der Waals surface area contributed by atoms with Crippen molar-refractivity contribution in [2.75, 3.05) is 6.54 Å². The van der Waals surface area contributed by atoms with E-state index in [1.807, 2.05) is 0 Å². The van der Waals surface area contributed by atoms with Crippen LogP contribution in [0.5, 0.6) is 0 Å². The molecule has 112 valence electrons. The summed E-state index contributed by atoms with van der Waals surface area (Å²) in [5.74, 6) is -1.72. The molecular formula is C12H20F3NO3. The van der Waals surface area contributed by atoms with Gasteiger partial charge in [0.25, 0.3) is 0 Å². The molecule has 0 fully saturated rings. The van der Waals surface area contributed by atoms with E-state index in [9.17, 15) is 27.9 Å². The van der Waals surface area contributed by atoms with Gasteiger partial charge in [0, 0.05) is 19.9 Å². The maximum atomic E-state index is 12.1. The second kappa shape index (κ2) is 6.77. The number of carboxylic acids is 1. The number of hydrogen-bond donors (Lipinski definition) is 1. The Kier molecular flexibility index (Phi) is 6.32.